The number of thiophene rings is 1. The van der Waals surface area contributed by atoms with Gasteiger partial charge in [-0.1, -0.05) is 12.1 Å². The van der Waals surface area contributed by atoms with Gasteiger partial charge in [-0.2, -0.15) is 0 Å². The Labute approximate surface area is 206 Å². The maximum Gasteiger partial charge on any atom is 0.191 e. The van der Waals surface area contributed by atoms with Gasteiger partial charge in [0.05, 0.1) is 33.0 Å². The number of hydrogen-bond donors (Lipinski definition) is 2. The van der Waals surface area contributed by atoms with Crippen molar-refractivity contribution in [1.29, 1.82) is 0 Å². The Balaban J connectivity index is 0.00000341. The summed E-state index contributed by atoms with van der Waals surface area (Å²) in [6.07, 6.45) is 0. The molecule has 0 saturated carbocycles. The van der Waals surface area contributed by atoms with Crippen molar-refractivity contribution >= 4 is 41.3 Å². The molecule has 2 aromatic rings. The molecule has 172 valence electrons. The standard InChI is InChI=1S/C22H32N4O3S.HI/c1-4-29-19-8-7-17(14-20(19)27-3)15-24-22(23-2)25-16-18(21-6-5-13-30-21)26-9-11-28-12-10-26;/h5-8,13-14,18H,4,9-12,15-16H2,1-3H3,(H2,23,24,25);1H. The number of nitrogens with one attached hydrogen (secondary N) is 2. The molecule has 31 heavy (non-hydrogen) atoms. The molecule has 1 atom stereocenters. The van der Waals surface area contributed by atoms with E-state index in [4.69, 9.17) is 14.2 Å². The van der Waals surface area contributed by atoms with E-state index in [-0.39, 0.29) is 24.0 Å². The first-order valence-corrected chi connectivity index (χ1v) is 11.2. The third-order valence-corrected chi connectivity index (χ3v) is 6.01. The highest BCUT2D eigenvalue weighted by atomic mass is 127. The molecule has 0 amide bonds. The molecule has 1 fully saturated rings. The minimum atomic E-state index is 0. The molecular weight excluding hydrogens is 527 g/mol. The molecule has 7 nitrogen and oxygen atoms in total. The van der Waals surface area contributed by atoms with Crippen molar-refractivity contribution in [2.75, 3.05) is 53.6 Å². The van der Waals surface area contributed by atoms with Crippen molar-refractivity contribution in [3.05, 3.63) is 46.2 Å². The lowest BCUT2D eigenvalue weighted by molar-refractivity contribution is 0.0177. The SMILES string of the molecule is CCOc1ccc(CNC(=NC)NCC(c2cccs2)N2CCOCC2)cc1OC.I. The molecule has 1 unspecified atom stereocenters. The third kappa shape index (κ3) is 7.51. The Kier molecular flexibility index (Phi) is 11.4. The number of morpholine rings is 1. The zero-order valence-corrected chi connectivity index (χ0v) is 21.6. The smallest absolute Gasteiger partial charge is 0.191 e. The largest absolute Gasteiger partial charge is 0.493 e. The number of hydrogen-bond acceptors (Lipinski definition) is 6. The van der Waals surface area contributed by atoms with Gasteiger partial charge in [-0.15, -0.1) is 35.3 Å². The highest BCUT2D eigenvalue weighted by molar-refractivity contribution is 14.0. The van der Waals surface area contributed by atoms with Crippen molar-refractivity contribution in [2.24, 2.45) is 4.99 Å². The molecule has 0 aliphatic carbocycles. The fraction of sp³-hybridized carbons (Fsp3) is 0.500. The van der Waals surface area contributed by atoms with Crippen molar-refractivity contribution < 1.29 is 14.2 Å². The van der Waals surface area contributed by atoms with Gasteiger partial charge in [0.15, 0.2) is 17.5 Å². The molecule has 3 rings (SSSR count). The summed E-state index contributed by atoms with van der Waals surface area (Å²) in [5.74, 6) is 2.28. The van der Waals surface area contributed by atoms with E-state index in [0.717, 1.165) is 55.9 Å². The number of ether oxygens (including phenoxy) is 3. The highest BCUT2D eigenvalue weighted by Crippen LogP contribution is 2.28. The highest BCUT2D eigenvalue weighted by Gasteiger charge is 2.23. The van der Waals surface area contributed by atoms with Crippen LogP contribution in [-0.2, 0) is 11.3 Å². The minimum Gasteiger partial charge on any atom is -0.493 e. The van der Waals surface area contributed by atoms with Gasteiger partial charge in [-0.3, -0.25) is 9.89 Å². The lowest BCUT2D eigenvalue weighted by Gasteiger charge is -2.34. The van der Waals surface area contributed by atoms with Crippen molar-refractivity contribution in [2.45, 2.75) is 19.5 Å². The van der Waals surface area contributed by atoms with Crippen LogP contribution in [0.15, 0.2) is 40.7 Å². The number of guanidine groups is 1. The van der Waals surface area contributed by atoms with Gasteiger partial charge in [-0.05, 0) is 36.1 Å². The molecule has 1 aliphatic rings. The topological polar surface area (TPSA) is 67.4 Å². The summed E-state index contributed by atoms with van der Waals surface area (Å²) < 4.78 is 16.6. The second-order valence-electron chi connectivity index (χ2n) is 6.90. The third-order valence-electron chi connectivity index (χ3n) is 5.03. The molecule has 2 N–H and O–H groups in total. The van der Waals surface area contributed by atoms with Crippen LogP contribution in [0.5, 0.6) is 11.5 Å². The van der Waals surface area contributed by atoms with Gasteiger partial charge < -0.3 is 24.8 Å². The first-order chi connectivity index (χ1) is 14.7. The number of halogens is 1. The molecule has 0 bridgehead atoms. The lowest BCUT2D eigenvalue weighted by Crippen LogP contribution is -2.46. The minimum absolute atomic E-state index is 0. The molecule has 0 spiro atoms. The molecule has 1 saturated heterocycles. The molecule has 2 heterocycles. The summed E-state index contributed by atoms with van der Waals surface area (Å²) in [5.41, 5.74) is 1.10. The van der Waals surface area contributed by atoms with E-state index in [1.165, 1.54) is 4.88 Å². The van der Waals surface area contributed by atoms with Gasteiger partial charge in [0.1, 0.15) is 0 Å². The fourth-order valence-corrected chi connectivity index (χ4v) is 4.34. The molecule has 1 aromatic carbocycles. The average Bonchev–Trinajstić information content (AvgIpc) is 3.32. The van der Waals surface area contributed by atoms with E-state index < -0.39 is 0 Å². The second kappa shape index (κ2) is 13.8. The van der Waals surface area contributed by atoms with Gasteiger partial charge in [-0.25, -0.2) is 0 Å². The zero-order chi connectivity index (χ0) is 21.2. The number of aliphatic imine (C=N–C) groups is 1. The van der Waals surface area contributed by atoms with E-state index >= 15 is 0 Å². The number of nitrogens with zero attached hydrogens (tertiary/aromatic N) is 2. The Morgan fingerprint density at radius 1 is 1.23 bits per heavy atom. The summed E-state index contributed by atoms with van der Waals surface area (Å²) in [6.45, 7) is 7.47. The summed E-state index contributed by atoms with van der Waals surface area (Å²) in [4.78, 5) is 8.23. The van der Waals surface area contributed by atoms with Crippen molar-refractivity contribution in [3.63, 3.8) is 0 Å². The average molecular weight is 561 g/mol. The first-order valence-electron chi connectivity index (χ1n) is 10.3. The van der Waals surface area contributed by atoms with Crippen LogP contribution in [0, 0.1) is 0 Å². The van der Waals surface area contributed by atoms with Gasteiger partial charge in [0.2, 0.25) is 0 Å². The molecule has 1 aliphatic heterocycles. The van der Waals surface area contributed by atoms with Gasteiger partial charge in [0.25, 0.3) is 0 Å². The van der Waals surface area contributed by atoms with Crippen LogP contribution in [0.4, 0.5) is 0 Å². The summed E-state index contributed by atoms with van der Waals surface area (Å²) in [6, 6.07) is 10.6. The molecule has 0 radical (unpaired) electrons. The maximum absolute atomic E-state index is 5.59. The molecule has 1 aromatic heterocycles. The van der Waals surface area contributed by atoms with Crippen LogP contribution < -0.4 is 20.1 Å². The van der Waals surface area contributed by atoms with Gasteiger partial charge >= 0.3 is 0 Å². The molecular formula is C22H33IN4O3S. The number of rotatable bonds is 9. The van der Waals surface area contributed by atoms with Crippen LogP contribution >= 0.6 is 35.3 Å². The van der Waals surface area contributed by atoms with Crippen molar-refractivity contribution in [3.8, 4) is 11.5 Å². The predicted molar refractivity (Wildman–Crippen MR) is 137 cm³/mol. The number of benzene rings is 1. The summed E-state index contributed by atoms with van der Waals surface area (Å²) in [7, 11) is 3.45. The predicted octanol–water partition coefficient (Wildman–Crippen LogP) is 3.51. The summed E-state index contributed by atoms with van der Waals surface area (Å²) >= 11 is 1.80. The van der Waals surface area contributed by atoms with Crippen LogP contribution in [0.2, 0.25) is 0 Å². The van der Waals surface area contributed by atoms with E-state index in [1.54, 1.807) is 25.5 Å². The number of methoxy groups -OCH3 is 1. The Morgan fingerprint density at radius 2 is 2.03 bits per heavy atom. The fourth-order valence-electron chi connectivity index (χ4n) is 3.48. The van der Waals surface area contributed by atoms with E-state index in [2.05, 4.69) is 38.0 Å². The van der Waals surface area contributed by atoms with Crippen LogP contribution in [0.25, 0.3) is 0 Å². The summed E-state index contributed by atoms with van der Waals surface area (Å²) in [5, 5.41) is 9.02. The van der Waals surface area contributed by atoms with Crippen LogP contribution in [-0.4, -0.2) is 64.5 Å². The Morgan fingerprint density at radius 3 is 2.68 bits per heavy atom. The molecule has 9 heteroatoms. The normalized spacial score (nSPS) is 15.6. The van der Waals surface area contributed by atoms with E-state index in [0.29, 0.717) is 19.2 Å². The van der Waals surface area contributed by atoms with E-state index in [1.807, 2.05) is 25.1 Å². The van der Waals surface area contributed by atoms with E-state index in [9.17, 15) is 0 Å². The van der Waals surface area contributed by atoms with Crippen LogP contribution in [0.1, 0.15) is 23.4 Å². The quantitative estimate of drug-likeness (QED) is 0.278. The first kappa shape index (κ1) is 25.7. The zero-order valence-electron chi connectivity index (χ0n) is 18.4. The van der Waals surface area contributed by atoms with Gasteiger partial charge in [0, 0.05) is 38.1 Å². The lowest BCUT2D eigenvalue weighted by atomic mass is 10.2. The Hall–Kier alpha value is -1.56. The maximum atomic E-state index is 5.59. The van der Waals surface area contributed by atoms with Crippen molar-refractivity contribution in [1.82, 2.24) is 15.5 Å². The van der Waals surface area contributed by atoms with Crippen LogP contribution in [0.3, 0.4) is 0 Å². The Bertz CT molecular complexity index is 798. The monoisotopic (exact) mass is 560 g/mol. The second-order valence-corrected chi connectivity index (χ2v) is 7.88.